The first-order chi connectivity index (χ1) is 15.4. The predicted molar refractivity (Wildman–Crippen MR) is 121 cm³/mol. The van der Waals surface area contributed by atoms with E-state index in [9.17, 15) is 14.8 Å². The van der Waals surface area contributed by atoms with E-state index in [2.05, 4.69) is 21.4 Å². The third-order valence-electron chi connectivity index (χ3n) is 5.71. The van der Waals surface area contributed by atoms with Gasteiger partial charge in [-0.1, -0.05) is 6.07 Å². The van der Waals surface area contributed by atoms with Crippen molar-refractivity contribution in [3.8, 4) is 17.1 Å². The van der Waals surface area contributed by atoms with Crippen LogP contribution in [0.15, 0.2) is 48.7 Å². The Labute approximate surface area is 184 Å². The Balaban J connectivity index is 1.72. The fourth-order valence-corrected chi connectivity index (χ4v) is 4.29. The van der Waals surface area contributed by atoms with Gasteiger partial charge in [-0.3, -0.25) is 9.36 Å². The molecule has 1 aromatic carbocycles. The van der Waals surface area contributed by atoms with E-state index in [1.807, 2.05) is 22.8 Å². The number of pyridine rings is 2. The summed E-state index contributed by atoms with van der Waals surface area (Å²) in [5.41, 5.74) is 11.0. The predicted octanol–water partition coefficient (Wildman–Crippen LogP) is 0.868. The first kappa shape index (κ1) is 20.2. The third-order valence-corrected chi connectivity index (χ3v) is 5.71. The van der Waals surface area contributed by atoms with Crippen LogP contribution in [0.1, 0.15) is 30.5 Å². The minimum Gasteiger partial charge on any atom is -0.422 e. The highest BCUT2D eigenvalue weighted by Crippen LogP contribution is 2.35. The van der Waals surface area contributed by atoms with Gasteiger partial charge in [-0.15, -0.1) is 0 Å². The molecule has 9 nitrogen and oxygen atoms in total. The lowest BCUT2D eigenvalue weighted by Crippen LogP contribution is -2.32. The number of amides is 1. The third kappa shape index (κ3) is 3.39. The lowest BCUT2D eigenvalue weighted by molar-refractivity contribution is -0.119. The molecule has 0 saturated heterocycles. The Morgan fingerprint density at radius 1 is 1.22 bits per heavy atom. The topological polar surface area (TPSA) is 139 Å². The number of hydrogen-bond donors (Lipinski definition) is 4. The molecule has 1 atom stereocenters. The number of rotatable bonds is 4. The van der Waals surface area contributed by atoms with Crippen molar-refractivity contribution in [1.82, 2.24) is 24.8 Å². The van der Waals surface area contributed by atoms with Gasteiger partial charge in [-0.2, -0.15) is 0 Å². The maximum Gasteiger partial charge on any atom is 0.508 e. The number of carbonyl (C=O) groups excluding carboxylic acids is 1. The normalized spacial score (nSPS) is 15.0. The van der Waals surface area contributed by atoms with Gasteiger partial charge in [0.2, 0.25) is 5.91 Å². The molecule has 0 fully saturated rings. The van der Waals surface area contributed by atoms with E-state index in [1.165, 1.54) is 13.0 Å². The molecule has 0 saturated carbocycles. The van der Waals surface area contributed by atoms with Crippen molar-refractivity contribution in [2.75, 3.05) is 5.73 Å². The van der Waals surface area contributed by atoms with Gasteiger partial charge in [0, 0.05) is 18.8 Å². The number of nitrogens with two attached hydrogens (primary N) is 1. The van der Waals surface area contributed by atoms with Gasteiger partial charge >= 0.3 is 7.12 Å². The minimum atomic E-state index is -1.70. The Morgan fingerprint density at radius 3 is 2.81 bits per heavy atom. The molecule has 4 aromatic rings. The zero-order chi connectivity index (χ0) is 22.4. The van der Waals surface area contributed by atoms with Crippen LogP contribution < -0.4 is 16.6 Å². The van der Waals surface area contributed by atoms with Crippen molar-refractivity contribution < 1.29 is 14.8 Å². The molecule has 10 heteroatoms. The molecule has 3 heterocycles. The van der Waals surface area contributed by atoms with Gasteiger partial charge in [0.15, 0.2) is 11.5 Å². The molecule has 0 spiro atoms. The summed E-state index contributed by atoms with van der Waals surface area (Å²) in [7, 11) is -1.70. The number of carbonyl (C=O) groups is 1. The van der Waals surface area contributed by atoms with Crippen molar-refractivity contribution in [3.63, 3.8) is 0 Å². The van der Waals surface area contributed by atoms with Gasteiger partial charge in [0.05, 0.1) is 17.2 Å². The van der Waals surface area contributed by atoms with E-state index in [4.69, 9.17) is 10.7 Å². The Kier molecular flexibility index (Phi) is 4.88. The molecular formula is C22H21BN6O3. The van der Waals surface area contributed by atoms with E-state index in [-0.39, 0.29) is 17.5 Å². The number of nitrogen functional groups attached to an aromatic ring is 1. The number of anilines is 1. The molecular weight excluding hydrogens is 407 g/mol. The van der Waals surface area contributed by atoms with E-state index in [0.717, 1.165) is 29.7 Å². The number of aryl methyl sites for hydroxylation is 1. The highest BCUT2D eigenvalue weighted by atomic mass is 16.4. The Hall–Kier alpha value is -3.76. The second kappa shape index (κ2) is 7.74. The molecule has 0 unspecified atom stereocenters. The molecule has 0 bridgehead atoms. The lowest BCUT2D eigenvalue weighted by Gasteiger charge is -2.15. The SMILES string of the molecule is CC(=O)N[C@H]1CCc2cc(-n3c(-c4cccnc4N)nc4ccc(B(O)O)nc43)ccc21. The maximum absolute atomic E-state index is 11.5. The molecule has 1 amide bonds. The number of nitrogens with zero attached hydrogens (tertiary/aromatic N) is 4. The number of fused-ring (bicyclic) bond motifs is 2. The Bertz CT molecular complexity index is 1350. The second-order valence-corrected chi connectivity index (χ2v) is 7.83. The van der Waals surface area contributed by atoms with Crippen LogP contribution in [0, 0.1) is 0 Å². The van der Waals surface area contributed by atoms with Gasteiger partial charge < -0.3 is 21.1 Å². The minimum absolute atomic E-state index is 0.00113. The van der Waals surface area contributed by atoms with E-state index in [1.54, 1.807) is 18.3 Å². The number of benzene rings is 1. The summed E-state index contributed by atoms with van der Waals surface area (Å²) in [4.78, 5) is 24.9. The molecule has 0 aliphatic heterocycles. The zero-order valence-electron chi connectivity index (χ0n) is 17.4. The highest BCUT2D eigenvalue weighted by molar-refractivity contribution is 6.57. The molecule has 160 valence electrons. The number of aromatic nitrogens is 4. The van der Waals surface area contributed by atoms with Crippen molar-refractivity contribution in [3.05, 3.63) is 59.8 Å². The van der Waals surface area contributed by atoms with Crippen LogP contribution in [-0.2, 0) is 11.2 Å². The average Bonchev–Trinajstić information content (AvgIpc) is 3.34. The van der Waals surface area contributed by atoms with Crippen LogP contribution in [0.5, 0.6) is 0 Å². The molecule has 5 rings (SSSR count). The fraction of sp³-hybridized carbons (Fsp3) is 0.182. The van der Waals surface area contributed by atoms with Crippen molar-refractivity contribution in [2.45, 2.75) is 25.8 Å². The van der Waals surface area contributed by atoms with E-state index in [0.29, 0.717) is 28.4 Å². The quantitative estimate of drug-likeness (QED) is 0.354. The molecule has 3 aromatic heterocycles. The standard InChI is InChI=1S/C22H21BN6O3/c1-12(30)26-17-7-4-13-11-14(5-6-15(13)17)29-21(16-3-2-10-25-20(16)24)27-18-8-9-19(23(31)32)28-22(18)29/h2-3,5-6,8-11,17,31-32H,4,7H2,1H3,(H2,24,25)(H,26,30)/t17-/m0/s1. The summed E-state index contributed by atoms with van der Waals surface area (Å²) in [5.74, 6) is 0.832. The molecule has 0 radical (unpaired) electrons. The molecule has 32 heavy (non-hydrogen) atoms. The fourth-order valence-electron chi connectivity index (χ4n) is 4.29. The summed E-state index contributed by atoms with van der Waals surface area (Å²) in [5, 5.41) is 22.3. The summed E-state index contributed by atoms with van der Waals surface area (Å²) in [6, 6.07) is 12.8. The first-order valence-corrected chi connectivity index (χ1v) is 10.3. The molecule has 5 N–H and O–H groups in total. The summed E-state index contributed by atoms with van der Waals surface area (Å²) in [6.45, 7) is 1.52. The van der Waals surface area contributed by atoms with E-state index >= 15 is 0 Å². The van der Waals surface area contributed by atoms with Crippen LogP contribution >= 0.6 is 0 Å². The van der Waals surface area contributed by atoms with Gasteiger partial charge in [0.1, 0.15) is 11.3 Å². The van der Waals surface area contributed by atoms with Gasteiger partial charge in [-0.25, -0.2) is 15.0 Å². The monoisotopic (exact) mass is 428 g/mol. The summed E-state index contributed by atoms with van der Waals surface area (Å²) < 4.78 is 1.85. The number of hydrogen-bond acceptors (Lipinski definition) is 7. The van der Waals surface area contributed by atoms with Crippen LogP contribution in [-0.4, -0.2) is 42.6 Å². The van der Waals surface area contributed by atoms with E-state index < -0.39 is 7.12 Å². The number of nitrogens with one attached hydrogen (secondary N) is 1. The molecule has 1 aliphatic carbocycles. The smallest absolute Gasteiger partial charge is 0.422 e. The van der Waals surface area contributed by atoms with Crippen LogP contribution in [0.3, 0.4) is 0 Å². The first-order valence-electron chi connectivity index (χ1n) is 10.3. The van der Waals surface area contributed by atoms with Gasteiger partial charge in [-0.05, 0) is 60.4 Å². The zero-order valence-corrected chi connectivity index (χ0v) is 17.4. The Morgan fingerprint density at radius 2 is 2.06 bits per heavy atom. The number of imidazole rings is 1. The highest BCUT2D eigenvalue weighted by Gasteiger charge is 2.25. The van der Waals surface area contributed by atoms with Crippen LogP contribution in [0.4, 0.5) is 5.82 Å². The van der Waals surface area contributed by atoms with Crippen molar-refractivity contribution >= 4 is 35.6 Å². The summed E-state index contributed by atoms with van der Waals surface area (Å²) in [6.07, 6.45) is 3.28. The lowest BCUT2D eigenvalue weighted by atomic mass is 9.86. The van der Waals surface area contributed by atoms with Crippen LogP contribution in [0.2, 0.25) is 0 Å². The average molecular weight is 428 g/mol. The maximum atomic E-state index is 11.5. The second-order valence-electron chi connectivity index (χ2n) is 7.83. The summed E-state index contributed by atoms with van der Waals surface area (Å²) >= 11 is 0. The largest absolute Gasteiger partial charge is 0.508 e. The van der Waals surface area contributed by atoms with Crippen LogP contribution in [0.25, 0.3) is 28.2 Å². The van der Waals surface area contributed by atoms with Gasteiger partial charge in [0.25, 0.3) is 0 Å². The van der Waals surface area contributed by atoms with Crippen molar-refractivity contribution in [1.29, 1.82) is 0 Å². The molecule has 1 aliphatic rings. The van der Waals surface area contributed by atoms with Crippen molar-refractivity contribution in [2.24, 2.45) is 0 Å².